The average Bonchev–Trinajstić information content (AvgIpc) is 3.02. The third-order valence-electron chi connectivity index (χ3n) is 3.52. The maximum absolute atomic E-state index is 12.2. The smallest absolute Gasteiger partial charge is 0.338 e. The Morgan fingerprint density at radius 3 is 2.46 bits per heavy atom. The summed E-state index contributed by atoms with van der Waals surface area (Å²) in [7, 11) is 0. The fourth-order valence-electron chi connectivity index (χ4n) is 2.14. The molecule has 1 unspecified atom stereocenters. The van der Waals surface area contributed by atoms with Crippen molar-refractivity contribution in [1.82, 2.24) is 10.5 Å². The standard InChI is InChI=1S/C18H21N3O5/c1-4-15(17(23)20-16-9-11(2)26-21-16)25-18(24)14-7-5-13(6-8-14)10-19-12(3)22/h5-9,15H,4,10H2,1-3H3,(H,19,22)(H,20,21,23). The molecule has 2 amide bonds. The molecule has 138 valence electrons. The van der Waals surface area contributed by atoms with Crippen LogP contribution >= 0.6 is 0 Å². The number of hydrogen-bond acceptors (Lipinski definition) is 6. The predicted molar refractivity (Wildman–Crippen MR) is 93.3 cm³/mol. The van der Waals surface area contributed by atoms with Crippen LogP contribution in [-0.2, 0) is 20.9 Å². The number of aromatic nitrogens is 1. The molecule has 1 atom stereocenters. The van der Waals surface area contributed by atoms with Gasteiger partial charge in [-0.1, -0.05) is 24.2 Å². The summed E-state index contributed by atoms with van der Waals surface area (Å²) in [6.07, 6.45) is -0.631. The lowest BCUT2D eigenvalue weighted by Gasteiger charge is -2.15. The fraction of sp³-hybridized carbons (Fsp3) is 0.333. The number of ether oxygens (including phenoxy) is 1. The lowest BCUT2D eigenvalue weighted by Crippen LogP contribution is -2.32. The summed E-state index contributed by atoms with van der Waals surface area (Å²) in [4.78, 5) is 35.4. The number of hydrogen-bond donors (Lipinski definition) is 2. The lowest BCUT2D eigenvalue weighted by atomic mass is 10.1. The highest BCUT2D eigenvalue weighted by Crippen LogP contribution is 2.12. The summed E-state index contributed by atoms with van der Waals surface area (Å²) in [5, 5.41) is 8.89. The van der Waals surface area contributed by atoms with E-state index in [0.717, 1.165) is 5.56 Å². The molecule has 0 saturated carbocycles. The molecular formula is C18H21N3O5. The Morgan fingerprint density at radius 1 is 1.23 bits per heavy atom. The van der Waals surface area contributed by atoms with Gasteiger partial charge in [0.15, 0.2) is 11.9 Å². The average molecular weight is 359 g/mol. The number of nitrogens with zero attached hydrogens (tertiary/aromatic N) is 1. The molecule has 2 rings (SSSR count). The highest BCUT2D eigenvalue weighted by atomic mass is 16.5. The monoisotopic (exact) mass is 359 g/mol. The first-order valence-corrected chi connectivity index (χ1v) is 8.17. The molecule has 8 nitrogen and oxygen atoms in total. The van der Waals surface area contributed by atoms with Gasteiger partial charge in [0.2, 0.25) is 5.91 Å². The van der Waals surface area contributed by atoms with Gasteiger partial charge in [-0.05, 0) is 31.0 Å². The third-order valence-corrected chi connectivity index (χ3v) is 3.52. The van der Waals surface area contributed by atoms with E-state index < -0.39 is 18.0 Å². The van der Waals surface area contributed by atoms with Crippen LogP contribution in [-0.4, -0.2) is 29.0 Å². The first-order chi connectivity index (χ1) is 12.4. The summed E-state index contributed by atoms with van der Waals surface area (Å²) in [6.45, 7) is 5.25. The van der Waals surface area contributed by atoms with Crippen LogP contribution in [0, 0.1) is 6.92 Å². The van der Waals surface area contributed by atoms with Crippen molar-refractivity contribution in [1.29, 1.82) is 0 Å². The quantitative estimate of drug-likeness (QED) is 0.733. The molecule has 0 aliphatic heterocycles. The van der Waals surface area contributed by atoms with Crippen molar-refractivity contribution in [3.05, 3.63) is 47.2 Å². The van der Waals surface area contributed by atoms with E-state index >= 15 is 0 Å². The minimum atomic E-state index is -0.946. The zero-order chi connectivity index (χ0) is 19.1. The molecule has 0 radical (unpaired) electrons. The molecule has 1 aromatic carbocycles. The molecule has 1 aromatic heterocycles. The van der Waals surface area contributed by atoms with E-state index in [1.54, 1.807) is 44.2 Å². The summed E-state index contributed by atoms with van der Waals surface area (Å²) in [6, 6.07) is 8.17. The Kier molecular flexibility index (Phi) is 6.48. The molecule has 26 heavy (non-hydrogen) atoms. The van der Waals surface area contributed by atoms with Crippen molar-refractivity contribution in [3.8, 4) is 0 Å². The van der Waals surface area contributed by atoms with Crippen LogP contribution in [0.25, 0.3) is 0 Å². The molecule has 1 heterocycles. The Balaban J connectivity index is 1.95. The van der Waals surface area contributed by atoms with E-state index in [0.29, 0.717) is 24.3 Å². The number of carbonyl (C=O) groups excluding carboxylic acids is 3. The van der Waals surface area contributed by atoms with E-state index in [1.807, 2.05) is 0 Å². The van der Waals surface area contributed by atoms with Crippen molar-refractivity contribution < 1.29 is 23.6 Å². The number of nitrogens with one attached hydrogen (secondary N) is 2. The first-order valence-electron chi connectivity index (χ1n) is 8.17. The van der Waals surface area contributed by atoms with Gasteiger partial charge in [-0.15, -0.1) is 0 Å². The molecule has 0 spiro atoms. The van der Waals surface area contributed by atoms with Crippen molar-refractivity contribution in [3.63, 3.8) is 0 Å². The normalized spacial score (nSPS) is 11.5. The van der Waals surface area contributed by atoms with Gasteiger partial charge in [0, 0.05) is 19.5 Å². The second-order valence-electron chi connectivity index (χ2n) is 5.72. The third kappa shape index (κ3) is 5.44. The number of anilines is 1. The molecular weight excluding hydrogens is 338 g/mol. The van der Waals surface area contributed by atoms with Crippen LogP contribution < -0.4 is 10.6 Å². The van der Waals surface area contributed by atoms with E-state index in [-0.39, 0.29) is 11.7 Å². The largest absolute Gasteiger partial charge is 0.449 e. The highest BCUT2D eigenvalue weighted by Gasteiger charge is 2.23. The Hall–Kier alpha value is -3.16. The van der Waals surface area contributed by atoms with Crippen LogP contribution in [0.5, 0.6) is 0 Å². The molecule has 0 saturated heterocycles. The van der Waals surface area contributed by atoms with Crippen LogP contribution in [0.2, 0.25) is 0 Å². The zero-order valence-corrected chi connectivity index (χ0v) is 14.9. The van der Waals surface area contributed by atoms with Gasteiger partial charge in [0.1, 0.15) is 5.76 Å². The van der Waals surface area contributed by atoms with E-state index in [9.17, 15) is 14.4 Å². The van der Waals surface area contributed by atoms with Crippen molar-refractivity contribution in [2.45, 2.75) is 39.8 Å². The van der Waals surface area contributed by atoms with Crippen LogP contribution in [0.3, 0.4) is 0 Å². The summed E-state index contributed by atoms with van der Waals surface area (Å²) in [5.41, 5.74) is 1.17. The lowest BCUT2D eigenvalue weighted by molar-refractivity contribution is -0.124. The fourth-order valence-corrected chi connectivity index (χ4v) is 2.14. The maximum atomic E-state index is 12.2. The molecule has 2 aromatic rings. The highest BCUT2D eigenvalue weighted by molar-refractivity contribution is 5.97. The van der Waals surface area contributed by atoms with Gasteiger partial charge in [0.25, 0.3) is 5.91 Å². The number of carbonyl (C=O) groups is 3. The Bertz CT molecular complexity index is 782. The summed E-state index contributed by atoms with van der Waals surface area (Å²) < 4.78 is 10.2. The molecule has 8 heteroatoms. The predicted octanol–water partition coefficient (Wildman–Crippen LogP) is 2.19. The van der Waals surface area contributed by atoms with Crippen LogP contribution in [0.1, 0.15) is 41.9 Å². The molecule has 0 aliphatic carbocycles. The van der Waals surface area contributed by atoms with Gasteiger partial charge >= 0.3 is 5.97 Å². The van der Waals surface area contributed by atoms with Crippen LogP contribution in [0.15, 0.2) is 34.9 Å². The van der Waals surface area contributed by atoms with Gasteiger partial charge in [-0.3, -0.25) is 9.59 Å². The van der Waals surface area contributed by atoms with E-state index in [4.69, 9.17) is 9.26 Å². The topological polar surface area (TPSA) is 111 Å². The number of aryl methyl sites for hydroxylation is 1. The Labute approximate surface area is 150 Å². The molecule has 0 bridgehead atoms. The van der Waals surface area contributed by atoms with Gasteiger partial charge in [-0.25, -0.2) is 4.79 Å². The summed E-state index contributed by atoms with van der Waals surface area (Å²) >= 11 is 0. The van der Waals surface area contributed by atoms with Gasteiger partial charge in [0.05, 0.1) is 5.56 Å². The second-order valence-corrected chi connectivity index (χ2v) is 5.72. The number of esters is 1. The summed E-state index contributed by atoms with van der Waals surface area (Å²) in [5.74, 6) is -0.382. The Morgan fingerprint density at radius 2 is 1.92 bits per heavy atom. The van der Waals surface area contributed by atoms with Crippen LogP contribution in [0.4, 0.5) is 5.82 Å². The maximum Gasteiger partial charge on any atom is 0.338 e. The van der Waals surface area contributed by atoms with E-state index in [1.165, 1.54) is 6.92 Å². The molecule has 0 fully saturated rings. The van der Waals surface area contributed by atoms with Gasteiger partial charge < -0.3 is 19.9 Å². The van der Waals surface area contributed by atoms with Crippen molar-refractivity contribution in [2.75, 3.05) is 5.32 Å². The molecule has 0 aliphatic rings. The minimum absolute atomic E-state index is 0.132. The molecule has 2 N–H and O–H groups in total. The van der Waals surface area contributed by atoms with Crippen molar-refractivity contribution >= 4 is 23.6 Å². The second kappa shape index (κ2) is 8.80. The van der Waals surface area contributed by atoms with Gasteiger partial charge in [-0.2, -0.15) is 0 Å². The first kappa shape index (κ1) is 19.2. The zero-order valence-electron chi connectivity index (χ0n) is 14.9. The van der Waals surface area contributed by atoms with E-state index in [2.05, 4.69) is 15.8 Å². The number of rotatable bonds is 7. The number of amides is 2. The number of benzene rings is 1. The minimum Gasteiger partial charge on any atom is -0.449 e. The SMILES string of the molecule is CCC(OC(=O)c1ccc(CNC(C)=O)cc1)C(=O)Nc1cc(C)on1. The van der Waals surface area contributed by atoms with Crippen molar-refractivity contribution in [2.24, 2.45) is 0 Å².